The predicted molar refractivity (Wildman–Crippen MR) is 107 cm³/mol. The summed E-state index contributed by atoms with van der Waals surface area (Å²) in [6.07, 6.45) is 3.72. The van der Waals surface area contributed by atoms with Crippen LogP contribution in [0.25, 0.3) is 0 Å². The zero-order valence-corrected chi connectivity index (χ0v) is 16.5. The van der Waals surface area contributed by atoms with E-state index < -0.39 is 0 Å². The number of aliphatic imine (C=N–C) groups is 1. The maximum Gasteiger partial charge on any atom is 0.194 e. The third-order valence-corrected chi connectivity index (χ3v) is 3.39. The quantitative estimate of drug-likeness (QED) is 0.420. The summed E-state index contributed by atoms with van der Waals surface area (Å²) in [6, 6.07) is 9.81. The van der Waals surface area contributed by atoms with E-state index >= 15 is 0 Å². The topological polar surface area (TPSA) is 45.5 Å². The Labute approximate surface area is 159 Å². The van der Waals surface area contributed by atoms with Crippen molar-refractivity contribution >= 4 is 41.5 Å². The molecule has 0 saturated heterocycles. The van der Waals surface area contributed by atoms with Gasteiger partial charge in [-0.05, 0) is 30.7 Å². The van der Waals surface area contributed by atoms with Crippen LogP contribution in [0.15, 0.2) is 47.7 Å². The Hall–Kier alpha value is -1.28. The fourth-order valence-electron chi connectivity index (χ4n) is 2.14. The number of hydrogen-bond donors (Lipinski definition) is 1. The summed E-state index contributed by atoms with van der Waals surface area (Å²) in [4.78, 5) is 6.74. The highest BCUT2D eigenvalue weighted by atomic mass is 127. The van der Waals surface area contributed by atoms with Crippen molar-refractivity contribution in [1.29, 1.82) is 0 Å². The van der Waals surface area contributed by atoms with E-state index in [9.17, 15) is 0 Å². The van der Waals surface area contributed by atoms with Gasteiger partial charge in [0.25, 0.3) is 0 Å². The van der Waals surface area contributed by atoms with Gasteiger partial charge in [0, 0.05) is 37.6 Å². The Balaban J connectivity index is 0.00000264. The van der Waals surface area contributed by atoms with Crippen molar-refractivity contribution in [3.05, 3.63) is 53.3 Å². The van der Waals surface area contributed by atoms with Crippen molar-refractivity contribution in [1.82, 2.24) is 20.0 Å². The highest BCUT2D eigenvalue weighted by molar-refractivity contribution is 14.0. The van der Waals surface area contributed by atoms with E-state index in [1.165, 1.54) is 0 Å². The van der Waals surface area contributed by atoms with Crippen molar-refractivity contribution in [2.45, 2.75) is 20.0 Å². The molecule has 0 aliphatic heterocycles. The molecule has 126 valence electrons. The minimum Gasteiger partial charge on any atom is -0.357 e. The SMILES string of the molecule is CCNC(=NCCn1cccn1)N(C)Cc1cccc(Cl)c1.I. The molecule has 0 spiro atoms. The van der Waals surface area contributed by atoms with Gasteiger partial charge in [-0.3, -0.25) is 9.67 Å². The van der Waals surface area contributed by atoms with Gasteiger partial charge in [-0.25, -0.2) is 0 Å². The van der Waals surface area contributed by atoms with Crippen LogP contribution >= 0.6 is 35.6 Å². The molecule has 0 saturated carbocycles. The molecule has 0 bridgehead atoms. The standard InChI is InChI=1S/C16H22ClN5.HI/c1-3-18-16(19-9-11-22-10-5-8-20-22)21(2)13-14-6-4-7-15(17)12-14;/h4-8,10,12H,3,9,11,13H2,1-2H3,(H,18,19);1H. The van der Waals surface area contributed by atoms with Crippen LogP contribution in [0.3, 0.4) is 0 Å². The molecule has 1 heterocycles. The van der Waals surface area contributed by atoms with E-state index in [2.05, 4.69) is 33.3 Å². The van der Waals surface area contributed by atoms with Crippen molar-refractivity contribution in [3.8, 4) is 0 Å². The number of nitrogens with one attached hydrogen (secondary N) is 1. The maximum atomic E-state index is 6.04. The normalized spacial score (nSPS) is 11.0. The zero-order chi connectivity index (χ0) is 15.8. The monoisotopic (exact) mass is 447 g/mol. The average Bonchev–Trinajstić information content (AvgIpc) is 2.99. The lowest BCUT2D eigenvalue weighted by Crippen LogP contribution is -2.38. The van der Waals surface area contributed by atoms with Crippen LogP contribution in [-0.2, 0) is 13.1 Å². The highest BCUT2D eigenvalue weighted by Crippen LogP contribution is 2.12. The van der Waals surface area contributed by atoms with Gasteiger partial charge in [0.05, 0.1) is 13.1 Å². The number of nitrogens with zero attached hydrogens (tertiary/aromatic N) is 4. The number of halogens is 2. The largest absolute Gasteiger partial charge is 0.357 e. The summed E-state index contributed by atoms with van der Waals surface area (Å²) in [5.74, 6) is 0.884. The molecule has 5 nitrogen and oxygen atoms in total. The number of guanidine groups is 1. The van der Waals surface area contributed by atoms with E-state index in [-0.39, 0.29) is 24.0 Å². The fraction of sp³-hybridized carbons (Fsp3) is 0.375. The van der Waals surface area contributed by atoms with Crippen molar-refractivity contribution in [2.75, 3.05) is 20.1 Å². The minimum absolute atomic E-state index is 0. The Bertz CT molecular complexity index is 600. The molecule has 0 aliphatic carbocycles. The van der Waals surface area contributed by atoms with Gasteiger partial charge < -0.3 is 10.2 Å². The van der Waals surface area contributed by atoms with Gasteiger partial charge in [-0.2, -0.15) is 5.10 Å². The van der Waals surface area contributed by atoms with Gasteiger partial charge >= 0.3 is 0 Å². The Morgan fingerprint density at radius 3 is 2.87 bits per heavy atom. The molecule has 2 rings (SSSR count). The van der Waals surface area contributed by atoms with Crippen LogP contribution < -0.4 is 5.32 Å². The number of rotatable bonds is 6. The van der Waals surface area contributed by atoms with E-state index in [1.807, 2.05) is 42.2 Å². The van der Waals surface area contributed by atoms with E-state index in [1.54, 1.807) is 6.20 Å². The second-order valence-corrected chi connectivity index (χ2v) is 5.43. The van der Waals surface area contributed by atoms with Crippen LogP contribution in [0, 0.1) is 0 Å². The summed E-state index contributed by atoms with van der Waals surface area (Å²) in [7, 11) is 2.02. The summed E-state index contributed by atoms with van der Waals surface area (Å²) < 4.78 is 1.88. The molecule has 1 aromatic heterocycles. The average molecular weight is 448 g/mol. The van der Waals surface area contributed by atoms with Crippen LogP contribution in [0.1, 0.15) is 12.5 Å². The Morgan fingerprint density at radius 2 is 2.22 bits per heavy atom. The first kappa shape index (κ1) is 19.8. The maximum absolute atomic E-state index is 6.04. The molecule has 1 N–H and O–H groups in total. The molecule has 7 heteroatoms. The van der Waals surface area contributed by atoms with Crippen LogP contribution in [0.2, 0.25) is 5.02 Å². The Kier molecular flexibility index (Phi) is 9.01. The first-order chi connectivity index (χ1) is 10.7. The van der Waals surface area contributed by atoms with Gasteiger partial charge in [-0.15, -0.1) is 24.0 Å². The van der Waals surface area contributed by atoms with Gasteiger partial charge in [0.15, 0.2) is 5.96 Å². The predicted octanol–water partition coefficient (Wildman–Crippen LogP) is 3.25. The molecular weight excluding hydrogens is 425 g/mol. The number of hydrogen-bond acceptors (Lipinski definition) is 2. The summed E-state index contributed by atoms with van der Waals surface area (Å²) >= 11 is 6.04. The molecule has 0 fully saturated rings. The van der Waals surface area contributed by atoms with Gasteiger partial charge in [-0.1, -0.05) is 23.7 Å². The van der Waals surface area contributed by atoms with Crippen molar-refractivity contribution < 1.29 is 0 Å². The van der Waals surface area contributed by atoms with Crippen molar-refractivity contribution in [3.63, 3.8) is 0 Å². The molecule has 0 radical (unpaired) electrons. The lowest BCUT2D eigenvalue weighted by atomic mass is 10.2. The van der Waals surface area contributed by atoms with E-state index in [4.69, 9.17) is 11.6 Å². The summed E-state index contributed by atoms with van der Waals surface area (Å²) in [5.41, 5.74) is 1.16. The van der Waals surface area contributed by atoms with E-state index in [0.29, 0.717) is 6.54 Å². The first-order valence-electron chi connectivity index (χ1n) is 7.40. The number of aromatic nitrogens is 2. The third kappa shape index (κ3) is 6.78. The van der Waals surface area contributed by atoms with Gasteiger partial charge in [0.2, 0.25) is 0 Å². The molecule has 23 heavy (non-hydrogen) atoms. The lowest BCUT2D eigenvalue weighted by molar-refractivity contribution is 0.475. The van der Waals surface area contributed by atoms with Gasteiger partial charge in [0.1, 0.15) is 0 Å². The molecule has 1 aromatic carbocycles. The molecule has 0 aliphatic rings. The summed E-state index contributed by atoms with van der Waals surface area (Å²) in [6.45, 7) is 5.11. The summed E-state index contributed by atoms with van der Waals surface area (Å²) in [5, 5.41) is 8.25. The molecule has 0 atom stereocenters. The van der Waals surface area contributed by atoms with E-state index in [0.717, 1.165) is 36.2 Å². The molecular formula is C16H23ClIN5. The highest BCUT2D eigenvalue weighted by Gasteiger charge is 2.06. The van der Waals surface area contributed by atoms with Crippen molar-refractivity contribution in [2.24, 2.45) is 4.99 Å². The molecule has 0 unspecified atom stereocenters. The zero-order valence-electron chi connectivity index (χ0n) is 13.4. The Morgan fingerprint density at radius 1 is 1.39 bits per heavy atom. The van der Waals surface area contributed by atoms with Crippen LogP contribution in [0.5, 0.6) is 0 Å². The molecule has 2 aromatic rings. The first-order valence-corrected chi connectivity index (χ1v) is 7.78. The third-order valence-electron chi connectivity index (χ3n) is 3.16. The smallest absolute Gasteiger partial charge is 0.194 e. The fourth-order valence-corrected chi connectivity index (χ4v) is 2.36. The minimum atomic E-state index is 0. The van der Waals surface area contributed by atoms with Crippen LogP contribution in [-0.4, -0.2) is 40.8 Å². The van der Waals surface area contributed by atoms with Crippen LogP contribution in [0.4, 0.5) is 0 Å². The second kappa shape index (κ2) is 10.5. The lowest BCUT2D eigenvalue weighted by Gasteiger charge is -2.22. The number of benzene rings is 1. The second-order valence-electron chi connectivity index (χ2n) is 4.99. The molecule has 0 amide bonds.